The molecule has 1 unspecified atom stereocenters. The molecule has 1 aliphatic rings. The van der Waals surface area contributed by atoms with Crippen molar-refractivity contribution in [3.63, 3.8) is 0 Å². The zero-order valence-corrected chi connectivity index (χ0v) is 11.8. The zero-order chi connectivity index (χ0) is 13.2. The summed E-state index contributed by atoms with van der Waals surface area (Å²) in [6.45, 7) is 4.76. The van der Waals surface area contributed by atoms with Crippen LogP contribution in [0.3, 0.4) is 0 Å². The molecule has 1 aliphatic carbocycles. The summed E-state index contributed by atoms with van der Waals surface area (Å²) in [7, 11) is 1.89. The average molecular weight is 247 g/mol. The molecule has 1 aromatic rings. The van der Waals surface area contributed by atoms with Crippen LogP contribution in [-0.2, 0) is 18.4 Å². The third-order valence-electron chi connectivity index (χ3n) is 4.25. The second kappa shape index (κ2) is 5.41. The number of aryl methyl sites for hydroxylation is 2. The minimum atomic E-state index is -0.763. The number of hydrogen-bond donors (Lipinski definition) is 2. The summed E-state index contributed by atoms with van der Waals surface area (Å²) in [5.41, 5.74) is 3.21. The Bertz CT molecular complexity index is 414. The average Bonchev–Trinajstić information content (AvgIpc) is 2.38. The SMILES string of the molecule is CNCC(O)(c1ccc2c(c1)CCCC2)C(C)C. The third-order valence-corrected chi connectivity index (χ3v) is 4.25. The fourth-order valence-corrected chi connectivity index (χ4v) is 2.91. The van der Waals surface area contributed by atoms with E-state index >= 15 is 0 Å². The van der Waals surface area contributed by atoms with Gasteiger partial charge in [0.15, 0.2) is 0 Å². The number of hydrogen-bond acceptors (Lipinski definition) is 2. The number of benzene rings is 1. The molecule has 0 saturated heterocycles. The van der Waals surface area contributed by atoms with Crippen LogP contribution in [0.2, 0.25) is 0 Å². The summed E-state index contributed by atoms with van der Waals surface area (Å²) >= 11 is 0. The van der Waals surface area contributed by atoms with Crippen LogP contribution in [0.25, 0.3) is 0 Å². The van der Waals surface area contributed by atoms with Crippen LogP contribution in [0.5, 0.6) is 0 Å². The molecule has 0 amide bonds. The Hall–Kier alpha value is -0.860. The minimum Gasteiger partial charge on any atom is -0.384 e. The van der Waals surface area contributed by atoms with Gasteiger partial charge in [-0.2, -0.15) is 0 Å². The van der Waals surface area contributed by atoms with Crippen molar-refractivity contribution in [2.45, 2.75) is 45.1 Å². The maximum Gasteiger partial charge on any atom is 0.104 e. The number of likely N-dealkylation sites (N-methyl/N-ethyl adjacent to an activating group) is 1. The van der Waals surface area contributed by atoms with E-state index in [4.69, 9.17) is 0 Å². The predicted molar refractivity (Wildman–Crippen MR) is 75.7 cm³/mol. The third kappa shape index (κ3) is 2.45. The van der Waals surface area contributed by atoms with Crippen LogP contribution < -0.4 is 5.32 Å². The van der Waals surface area contributed by atoms with Gasteiger partial charge in [0.1, 0.15) is 5.60 Å². The molecule has 0 saturated carbocycles. The molecule has 0 heterocycles. The van der Waals surface area contributed by atoms with Gasteiger partial charge in [-0.25, -0.2) is 0 Å². The van der Waals surface area contributed by atoms with Crippen LogP contribution in [-0.4, -0.2) is 18.7 Å². The van der Waals surface area contributed by atoms with Gasteiger partial charge in [-0.15, -0.1) is 0 Å². The van der Waals surface area contributed by atoms with E-state index in [1.54, 1.807) is 0 Å². The van der Waals surface area contributed by atoms with Crippen molar-refractivity contribution < 1.29 is 5.11 Å². The molecule has 18 heavy (non-hydrogen) atoms. The molecule has 1 aromatic carbocycles. The highest BCUT2D eigenvalue weighted by atomic mass is 16.3. The first-order valence-corrected chi connectivity index (χ1v) is 7.07. The van der Waals surface area contributed by atoms with Crippen molar-refractivity contribution in [3.05, 3.63) is 34.9 Å². The lowest BCUT2D eigenvalue weighted by atomic mass is 9.80. The molecule has 2 N–H and O–H groups in total. The van der Waals surface area contributed by atoms with Crippen LogP contribution in [0.15, 0.2) is 18.2 Å². The highest BCUT2D eigenvalue weighted by Crippen LogP contribution is 2.32. The molecule has 2 nitrogen and oxygen atoms in total. The van der Waals surface area contributed by atoms with Crippen molar-refractivity contribution >= 4 is 0 Å². The molecule has 0 bridgehead atoms. The largest absolute Gasteiger partial charge is 0.384 e. The summed E-state index contributed by atoms with van der Waals surface area (Å²) in [4.78, 5) is 0. The molecule has 0 spiro atoms. The lowest BCUT2D eigenvalue weighted by molar-refractivity contribution is -0.00765. The first-order valence-electron chi connectivity index (χ1n) is 7.07. The molecule has 0 aliphatic heterocycles. The van der Waals surface area contributed by atoms with Crippen molar-refractivity contribution in [1.29, 1.82) is 0 Å². The topological polar surface area (TPSA) is 32.3 Å². The maximum absolute atomic E-state index is 10.9. The van der Waals surface area contributed by atoms with Gasteiger partial charge in [-0.1, -0.05) is 32.0 Å². The molecular weight excluding hydrogens is 222 g/mol. The van der Waals surface area contributed by atoms with Gasteiger partial charge in [-0.3, -0.25) is 0 Å². The second-order valence-corrected chi connectivity index (χ2v) is 5.80. The van der Waals surface area contributed by atoms with Crippen molar-refractivity contribution in [2.75, 3.05) is 13.6 Å². The Morgan fingerprint density at radius 3 is 2.50 bits per heavy atom. The Morgan fingerprint density at radius 2 is 1.89 bits per heavy atom. The van der Waals surface area contributed by atoms with Gasteiger partial charge in [0, 0.05) is 6.54 Å². The Kier molecular flexibility index (Phi) is 4.08. The van der Waals surface area contributed by atoms with Gasteiger partial charge in [0.25, 0.3) is 0 Å². The quantitative estimate of drug-likeness (QED) is 0.857. The van der Waals surface area contributed by atoms with Crippen molar-refractivity contribution in [3.8, 4) is 0 Å². The van der Waals surface area contributed by atoms with E-state index in [1.807, 2.05) is 7.05 Å². The van der Waals surface area contributed by atoms with E-state index in [9.17, 15) is 5.11 Å². The van der Waals surface area contributed by atoms with Gasteiger partial charge >= 0.3 is 0 Å². The molecule has 1 atom stereocenters. The Morgan fingerprint density at radius 1 is 1.22 bits per heavy atom. The molecule has 2 rings (SSSR count). The molecule has 2 heteroatoms. The van der Waals surface area contributed by atoms with E-state index in [0.717, 1.165) is 12.0 Å². The molecule has 0 fully saturated rings. The van der Waals surface area contributed by atoms with E-state index in [1.165, 1.54) is 30.4 Å². The lowest BCUT2D eigenvalue weighted by Crippen LogP contribution is -2.41. The van der Waals surface area contributed by atoms with Crippen LogP contribution in [0.1, 0.15) is 43.4 Å². The second-order valence-electron chi connectivity index (χ2n) is 5.80. The summed E-state index contributed by atoms with van der Waals surface area (Å²) in [6, 6.07) is 6.56. The maximum atomic E-state index is 10.9. The number of aliphatic hydroxyl groups is 1. The summed E-state index contributed by atoms with van der Waals surface area (Å²) in [5, 5.41) is 14.0. The van der Waals surface area contributed by atoms with E-state index in [2.05, 4.69) is 37.4 Å². The smallest absolute Gasteiger partial charge is 0.104 e. The predicted octanol–water partition coefficient (Wildman–Crippen LogP) is 2.63. The van der Waals surface area contributed by atoms with Crippen LogP contribution >= 0.6 is 0 Å². The van der Waals surface area contributed by atoms with Crippen LogP contribution in [0, 0.1) is 5.92 Å². The molecule has 0 aromatic heterocycles. The van der Waals surface area contributed by atoms with E-state index in [0.29, 0.717) is 6.54 Å². The first kappa shape index (κ1) is 13.6. The first-order chi connectivity index (χ1) is 8.58. The molecule has 100 valence electrons. The summed E-state index contributed by atoms with van der Waals surface area (Å²) < 4.78 is 0. The fourth-order valence-electron chi connectivity index (χ4n) is 2.91. The van der Waals surface area contributed by atoms with Gasteiger partial charge in [0.05, 0.1) is 0 Å². The van der Waals surface area contributed by atoms with E-state index < -0.39 is 5.60 Å². The van der Waals surface area contributed by atoms with E-state index in [-0.39, 0.29) is 5.92 Å². The molecule has 0 radical (unpaired) electrons. The lowest BCUT2D eigenvalue weighted by Gasteiger charge is -2.33. The highest BCUT2D eigenvalue weighted by molar-refractivity contribution is 5.37. The summed E-state index contributed by atoms with van der Waals surface area (Å²) in [5.74, 6) is 0.201. The number of nitrogens with one attached hydrogen (secondary N) is 1. The highest BCUT2D eigenvalue weighted by Gasteiger charge is 2.32. The van der Waals surface area contributed by atoms with Crippen LogP contribution in [0.4, 0.5) is 0 Å². The number of rotatable bonds is 4. The van der Waals surface area contributed by atoms with Gasteiger partial charge in [0.2, 0.25) is 0 Å². The normalized spacial score (nSPS) is 18.5. The Balaban J connectivity index is 2.36. The Labute approximate surface area is 110 Å². The standard InChI is InChI=1S/C16H25NO/c1-12(2)16(18,11-17-3)15-9-8-13-6-4-5-7-14(13)10-15/h8-10,12,17-18H,4-7,11H2,1-3H3. The van der Waals surface area contributed by atoms with Crippen molar-refractivity contribution in [1.82, 2.24) is 5.32 Å². The summed E-state index contributed by atoms with van der Waals surface area (Å²) in [6.07, 6.45) is 4.94. The monoisotopic (exact) mass is 247 g/mol. The van der Waals surface area contributed by atoms with Gasteiger partial charge in [-0.05, 0) is 55.3 Å². The van der Waals surface area contributed by atoms with Crippen molar-refractivity contribution in [2.24, 2.45) is 5.92 Å². The minimum absolute atomic E-state index is 0.201. The number of fused-ring (bicyclic) bond motifs is 1. The van der Waals surface area contributed by atoms with Gasteiger partial charge < -0.3 is 10.4 Å². The fraction of sp³-hybridized carbons (Fsp3) is 0.625. The molecular formula is C16H25NO. The zero-order valence-electron chi connectivity index (χ0n) is 11.8.